The van der Waals surface area contributed by atoms with E-state index in [4.69, 9.17) is 4.42 Å². The van der Waals surface area contributed by atoms with E-state index in [0.29, 0.717) is 17.0 Å². The van der Waals surface area contributed by atoms with Gasteiger partial charge < -0.3 is 9.73 Å². The van der Waals surface area contributed by atoms with Crippen molar-refractivity contribution in [3.8, 4) is 0 Å². The zero-order valence-corrected chi connectivity index (χ0v) is 12.6. The third kappa shape index (κ3) is 3.65. The van der Waals surface area contributed by atoms with E-state index in [1.807, 2.05) is 0 Å². The molecule has 1 N–H and O–H groups in total. The molecule has 0 fully saturated rings. The fourth-order valence-electron chi connectivity index (χ4n) is 1.99. The lowest BCUT2D eigenvalue weighted by Gasteiger charge is -2.18. The SMILES string of the molecule is CCNC(c1ccc(Br)o1)c1cc(C(F)(F)F)ccc1F. The highest BCUT2D eigenvalue weighted by Crippen LogP contribution is 2.34. The van der Waals surface area contributed by atoms with Crippen molar-refractivity contribution in [1.29, 1.82) is 0 Å². The first-order valence-electron chi connectivity index (χ1n) is 6.18. The van der Waals surface area contributed by atoms with Gasteiger partial charge in [-0.1, -0.05) is 6.92 Å². The maximum atomic E-state index is 14.0. The molecule has 0 saturated carbocycles. The number of benzene rings is 1. The van der Waals surface area contributed by atoms with Crippen LogP contribution in [0, 0.1) is 5.82 Å². The number of hydrogen-bond acceptors (Lipinski definition) is 2. The predicted molar refractivity (Wildman–Crippen MR) is 73.3 cm³/mol. The summed E-state index contributed by atoms with van der Waals surface area (Å²) in [5, 5.41) is 2.93. The van der Waals surface area contributed by atoms with E-state index in [0.717, 1.165) is 18.2 Å². The van der Waals surface area contributed by atoms with Crippen LogP contribution in [0.2, 0.25) is 0 Å². The molecule has 2 rings (SSSR count). The molecule has 1 aromatic heterocycles. The van der Waals surface area contributed by atoms with E-state index in [2.05, 4.69) is 21.2 Å². The molecule has 21 heavy (non-hydrogen) atoms. The van der Waals surface area contributed by atoms with E-state index < -0.39 is 23.6 Å². The van der Waals surface area contributed by atoms with Gasteiger partial charge in [0, 0.05) is 5.56 Å². The molecule has 0 spiro atoms. The average molecular weight is 366 g/mol. The first-order chi connectivity index (χ1) is 9.82. The molecule has 0 aliphatic rings. The number of alkyl halides is 3. The Bertz CT molecular complexity index is 624. The number of halogens is 5. The lowest BCUT2D eigenvalue weighted by atomic mass is 10.0. The molecule has 1 atom stereocenters. The van der Waals surface area contributed by atoms with Crippen molar-refractivity contribution in [2.75, 3.05) is 6.54 Å². The summed E-state index contributed by atoms with van der Waals surface area (Å²) in [6.07, 6.45) is -4.52. The number of furan rings is 1. The van der Waals surface area contributed by atoms with E-state index in [9.17, 15) is 17.6 Å². The highest BCUT2D eigenvalue weighted by molar-refractivity contribution is 9.10. The normalized spacial score (nSPS) is 13.4. The Labute approximate surface area is 127 Å². The fourth-order valence-corrected chi connectivity index (χ4v) is 2.31. The van der Waals surface area contributed by atoms with Gasteiger partial charge in [0.05, 0.1) is 11.6 Å². The lowest BCUT2D eigenvalue weighted by Crippen LogP contribution is -2.23. The molecule has 7 heteroatoms. The minimum Gasteiger partial charge on any atom is -0.452 e. The summed E-state index contributed by atoms with van der Waals surface area (Å²) in [5.74, 6) is -0.386. The largest absolute Gasteiger partial charge is 0.452 e. The Balaban J connectivity index is 2.49. The highest BCUT2D eigenvalue weighted by atomic mass is 79.9. The van der Waals surface area contributed by atoms with Crippen molar-refractivity contribution in [3.63, 3.8) is 0 Å². The summed E-state index contributed by atoms with van der Waals surface area (Å²) in [4.78, 5) is 0. The Morgan fingerprint density at radius 2 is 1.95 bits per heavy atom. The molecule has 1 unspecified atom stereocenters. The monoisotopic (exact) mass is 365 g/mol. The van der Waals surface area contributed by atoms with E-state index >= 15 is 0 Å². The van der Waals surface area contributed by atoms with Gasteiger partial charge in [-0.3, -0.25) is 0 Å². The van der Waals surface area contributed by atoms with Crippen LogP contribution >= 0.6 is 15.9 Å². The molecular formula is C14H12BrF4NO. The lowest BCUT2D eigenvalue weighted by molar-refractivity contribution is -0.137. The molecule has 1 aromatic carbocycles. The molecule has 0 saturated heterocycles. The van der Waals surface area contributed by atoms with E-state index in [-0.39, 0.29) is 5.56 Å². The van der Waals surface area contributed by atoms with Crippen LogP contribution in [-0.2, 0) is 6.18 Å². The van der Waals surface area contributed by atoms with E-state index in [1.165, 1.54) is 0 Å². The molecule has 2 aromatic rings. The first-order valence-corrected chi connectivity index (χ1v) is 6.97. The van der Waals surface area contributed by atoms with Gasteiger partial charge in [0.2, 0.25) is 0 Å². The zero-order chi connectivity index (χ0) is 15.6. The zero-order valence-electron chi connectivity index (χ0n) is 11.0. The second-order valence-electron chi connectivity index (χ2n) is 4.37. The van der Waals surface area contributed by atoms with Crippen molar-refractivity contribution in [2.24, 2.45) is 0 Å². The molecule has 1 heterocycles. The summed E-state index contributed by atoms with van der Waals surface area (Å²) in [7, 11) is 0. The smallest absolute Gasteiger partial charge is 0.416 e. The van der Waals surface area contributed by atoms with Crippen LogP contribution in [0.5, 0.6) is 0 Å². The van der Waals surface area contributed by atoms with Gasteiger partial charge in [-0.25, -0.2) is 4.39 Å². The van der Waals surface area contributed by atoms with Crippen LogP contribution in [0.15, 0.2) is 39.4 Å². The minimum atomic E-state index is -4.52. The Kier molecular flexibility index (Phi) is 4.73. The van der Waals surface area contributed by atoms with Crippen molar-refractivity contribution >= 4 is 15.9 Å². The summed E-state index contributed by atoms with van der Waals surface area (Å²) in [6.45, 7) is 2.22. The third-order valence-electron chi connectivity index (χ3n) is 2.92. The second-order valence-corrected chi connectivity index (χ2v) is 5.15. The van der Waals surface area contributed by atoms with Gasteiger partial charge in [0.15, 0.2) is 4.67 Å². The second kappa shape index (κ2) is 6.19. The average Bonchev–Trinajstić information content (AvgIpc) is 2.82. The summed E-state index contributed by atoms with van der Waals surface area (Å²) in [5.41, 5.74) is -0.999. The molecule has 0 aliphatic heterocycles. The number of hydrogen-bond donors (Lipinski definition) is 1. The molecule has 0 radical (unpaired) electrons. The highest BCUT2D eigenvalue weighted by Gasteiger charge is 2.32. The Morgan fingerprint density at radius 3 is 2.48 bits per heavy atom. The van der Waals surface area contributed by atoms with Crippen molar-refractivity contribution in [1.82, 2.24) is 5.32 Å². The predicted octanol–water partition coefficient (Wildman–Crippen LogP) is 4.90. The van der Waals surface area contributed by atoms with Crippen LogP contribution in [0.1, 0.15) is 29.9 Å². The van der Waals surface area contributed by atoms with Gasteiger partial charge in [-0.2, -0.15) is 13.2 Å². The summed E-state index contributed by atoms with van der Waals surface area (Å²) < 4.78 is 58.1. The van der Waals surface area contributed by atoms with Gasteiger partial charge in [-0.05, 0) is 52.8 Å². The standard InChI is InChI=1S/C14H12BrF4NO/c1-2-20-13(11-5-6-12(15)21-11)9-7-8(14(17,18)19)3-4-10(9)16/h3-7,13,20H,2H2,1H3. The Morgan fingerprint density at radius 1 is 1.24 bits per heavy atom. The van der Waals surface area contributed by atoms with Crippen molar-refractivity contribution in [3.05, 3.63) is 57.7 Å². The van der Waals surface area contributed by atoms with Crippen LogP contribution in [0.4, 0.5) is 17.6 Å². The number of nitrogens with one attached hydrogen (secondary N) is 1. The van der Waals surface area contributed by atoms with Gasteiger partial charge in [0.1, 0.15) is 11.6 Å². The molecule has 0 aliphatic carbocycles. The van der Waals surface area contributed by atoms with Crippen molar-refractivity contribution in [2.45, 2.75) is 19.1 Å². The van der Waals surface area contributed by atoms with Crippen molar-refractivity contribution < 1.29 is 22.0 Å². The summed E-state index contributed by atoms with van der Waals surface area (Å²) >= 11 is 3.12. The molecule has 0 bridgehead atoms. The van der Waals surface area contributed by atoms with Crippen LogP contribution < -0.4 is 5.32 Å². The van der Waals surface area contributed by atoms with E-state index in [1.54, 1.807) is 19.1 Å². The molecule has 2 nitrogen and oxygen atoms in total. The van der Waals surface area contributed by atoms with Gasteiger partial charge in [0.25, 0.3) is 0 Å². The fraction of sp³-hybridized carbons (Fsp3) is 0.286. The first kappa shape index (κ1) is 16.0. The maximum absolute atomic E-state index is 14.0. The Hall–Kier alpha value is -1.34. The van der Waals surface area contributed by atoms with Crippen LogP contribution in [-0.4, -0.2) is 6.54 Å². The maximum Gasteiger partial charge on any atom is 0.416 e. The molecule has 114 valence electrons. The number of rotatable bonds is 4. The topological polar surface area (TPSA) is 25.2 Å². The summed E-state index contributed by atoms with van der Waals surface area (Å²) in [6, 6.07) is 4.74. The molecular weight excluding hydrogens is 354 g/mol. The van der Waals surface area contributed by atoms with Gasteiger partial charge >= 0.3 is 6.18 Å². The minimum absolute atomic E-state index is 0.103. The molecule has 0 amide bonds. The van der Waals surface area contributed by atoms with Crippen LogP contribution in [0.3, 0.4) is 0 Å². The van der Waals surface area contributed by atoms with Gasteiger partial charge in [-0.15, -0.1) is 0 Å². The quantitative estimate of drug-likeness (QED) is 0.779. The van der Waals surface area contributed by atoms with Crippen LogP contribution in [0.25, 0.3) is 0 Å². The third-order valence-corrected chi connectivity index (χ3v) is 3.35.